The summed E-state index contributed by atoms with van der Waals surface area (Å²) in [6.07, 6.45) is 1.63. The molecule has 31 heavy (non-hydrogen) atoms. The Morgan fingerprint density at radius 3 is 2.16 bits per heavy atom. The molecule has 0 spiro atoms. The maximum absolute atomic E-state index is 13.3. The largest absolute Gasteiger partial charge is 0.856 e. The van der Waals surface area contributed by atoms with Crippen molar-refractivity contribution in [2.75, 3.05) is 0 Å². The Labute approximate surface area is 178 Å². The summed E-state index contributed by atoms with van der Waals surface area (Å²) in [6.45, 7) is 1.95. The molecule has 2 unspecified atom stereocenters. The fourth-order valence-corrected chi connectivity index (χ4v) is 3.41. The molecule has 4 rings (SSSR count). The Morgan fingerprint density at radius 2 is 1.55 bits per heavy atom. The van der Waals surface area contributed by atoms with Gasteiger partial charge in [-0.1, -0.05) is 34.5 Å². The minimum Gasteiger partial charge on any atom is -0.856 e. The molecular formula is C24H19F2N3O2. The van der Waals surface area contributed by atoms with Crippen LogP contribution in [0.5, 0.6) is 0 Å². The van der Waals surface area contributed by atoms with Crippen LogP contribution in [0.2, 0.25) is 0 Å². The summed E-state index contributed by atoms with van der Waals surface area (Å²) in [5.74, 6) is -1.85. The zero-order valence-corrected chi connectivity index (χ0v) is 16.6. The summed E-state index contributed by atoms with van der Waals surface area (Å²) in [5, 5.41) is 19.6. The number of amides is 1. The first-order valence-electron chi connectivity index (χ1n) is 9.68. The molecule has 5 nitrogen and oxygen atoms in total. The third-order valence-electron chi connectivity index (χ3n) is 5.04. The predicted octanol–water partition coefficient (Wildman–Crippen LogP) is 2.93. The zero-order chi connectivity index (χ0) is 22.0. The smallest absolute Gasteiger partial charge is 0.252 e. The van der Waals surface area contributed by atoms with E-state index in [1.54, 1.807) is 18.3 Å². The number of nitrogens with zero attached hydrogens (tertiary/aromatic N) is 2. The molecule has 3 aromatic carbocycles. The normalized spacial score (nSPS) is 19.3. The van der Waals surface area contributed by atoms with Crippen LogP contribution in [0.4, 0.5) is 8.78 Å². The van der Waals surface area contributed by atoms with E-state index < -0.39 is 29.7 Å². The van der Waals surface area contributed by atoms with Gasteiger partial charge in [0.25, 0.3) is 5.91 Å². The minimum absolute atomic E-state index is 0.234. The lowest BCUT2D eigenvalue weighted by molar-refractivity contribution is -0.565. The molecule has 0 saturated heterocycles. The lowest BCUT2D eigenvalue weighted by Gasteiger charge is -2.20. The van der Waals surface area contributed by atoms with Gasteiger partial charge in [-0.3, -0.25) is 4.79 Å². The maximum Gasteiger partial charge on any atom is 0.252 e. The van der Waals surface area contributed by atoms with Crippen LogP contribution in [0.3, 0.4) is 0 Å². The van der Waals surface area contributed by atoms with Gasteiger partial charge in [0, 0.05) is 16.7 Å². The molecule has 1 aliphatic rings. The van der Waals surface area contributed by atoms with Crippen LogP contribution in [0.25, 0.3) is 0 Å². The first-order valence-corrected chi connectivity index (χ1v) is 9.68. The fourth-order valence-electron chi connectivity index (χ4n) is 3.41. The average molecular weight is 419 g/mol. The van der Waals surface area contributed by atoms with E-state index in [1.165, 1.54) is 41.1 Å². The van der Waals surface area contributed by atoms with Gasteiger partial charge in [0.05, 0.1) is 5.90 Å². The average Bonchev–Trinajstić information content (AvgIpc) is 3.05. The van der Waals surface area contributed by atoms with Crippen LogP contribution in [0.1, 0.15) is 33.1 Å². The van der Waals surface area contributed by atoms with E-state index in [9.17, 15) is 18.7 Å². The summed E-state index contributed by atoms with van der Waals surface area (Å²) in [5.41, 5.74) is 2.72. The monoisotopic (exact) mass is 419 g/mol. The maximum atomic E-state index is 13.3. The Hall–Kier alpha value is -3.87. The third-order valence-corrected chi connectivity index (χ3v) is 5.04. The number of hydrogen-bond donors (Lipinski definition) is 1. The highest BCUT2D eigenvalue weighted by Gasteiger charge is 2.41. The van der Waals surface area contributed by atoms with Crippen LogP contribution < -0.4 is 10.4 Å². The highest BCUT2D eigenvalue weighted by Crippen LogP contribution is 2.27. The second-order valence-corrected chi connectivity index (χ2v) is 7.31. The number of hydrogen-bond acceptors (Lipinski definition) is 3. The van der Waals surface area contributed by atoms with Gasteiger partial charge in [-0.25, -0.2) is 8.78 Å². The molecule has 2 atom stereocenters. The Bertz CT molecular complexity index is 1150. The lowest BCUT2D eigenvalue weighted by atomic mass is 9.98. The van der Waals surface area contributed by atoms with E-state index in [0.717, 1.165) is 11.1 Å². The van der Waals surface area contributed by atoms with E-state index in [-0.39, 0.29) is 11.4 Å². The van der Waals surface area contributed by atoms with Gasteiger partial charge in [0.15, 0.2) is 0 Å². The van der Waals surface area contributed by atoms with Crippen molar-refractivity contribution in [2.24, 2.45) is 5.10 Å². The minimum atomic E-state index is -0.947. The summed E-state index contributed by atoms with van der Waals surface area (Å²) in [6, 6.07) is 16.9. The SMILES string of the molecule is Cc1ccc(C2C(NC(=O)c3ccc(F)cc3)C([O-])=N[N+]2=Cc2ccc(F)cc2)cc1. The quantitative estimate of drug-likeness (QED) is 0.661. The van der Waals surface area contributed by atoms with Gasteiger partial charge in [0.2, 0.25) is 12.3 Å². The van der Waals surface area contributed by atoms with Gasteiger partial charge < -0.3 is 10.4 Å². The topological polar surface area (TPSA) is 67.5 Å². The highest BCUT2D eigenvalue weighted by atomic mass is 19.1. The lowest BCUT2D eigenvalue weighted by Crippen LogP contribution is -2.47. The second-order valence-electron chi connectivity index (χ2n) is 7.31. The summed E-state index contributed by atoms with van der Waals surface area (Å²) in [7, 11) is 0. The molecule has 156 valence electrons. The molecule has 1 aliphatic heterocycles. The Morgan fingerprint density at radius 1 is 0.968 bits per heavy atom. The highest BCUT2D eigenvalue weighted by molar-refractivity contribution is 5.97. The van der Waals surface area contributed by atoms with Crippen molar-refractivity contribution in [3.63, 3.8) is 0 Å². The molecule has 0 bridgehead atoms. The van der Waals surface area contributed by atoms with Crippen molar-refractivity contribution in [3.8, 4) is 0 Å². The van der Waals surface area contributed by atoms with Gasteiger partial charge in [-0.2, -0.15) is 0 Å². The van der Waals surface area contributed by atoms with E-state index in [1.807, 2.05) is 31.2 Å². The molecule has 1 amide bonds. The molecule has 1 heterocycles. The van der Waals surface area contributed by atoms with Gasteiger partial charge in [0.1, 0.15) is 17.7 Å². The summed E-state index contributed by atoms with van der Waals surface area (Å²) < 4.78 is 27.9. The van der Waals surface area contributed by atoms with Crippen LogP contribution in [0, 0.1) is 18.6 Å². The third kappa shape index (κ3) is 4.50. The van der Waals surface area contributed by atoms with Crippen molar-refractivity contribution in [2.45, 2.75) is 19.0 Å². The molecule has 7 heteroatoms. The first kappa shape index (κ1) is 20.4. The Balaban J connectivity index is 1.69. The van der Waals surface area contributed by atoms with Crippen molar-refractivity contribution >= 4 is 18.0 Å². The number of benzene rings is 3. The van der Waals surface area contributed by atoms with Gasteiger partial charge in [-0.15, -0.1) is 0 Å². The van der Waals surface area contributed by atoms with Crippen molar-refractivity contribution in [1.29, 1.82) is 0 Å². The number of carbonyl (C=O) groups excluding carboxylic acids is 1. The molecule has 1 N–H and O–H groups in total. The molecular weight excluding hydrogens is 400 g/mol. The molecule has 0 radical (unpaired) electrons. The van der Waals surface area contributed by atoms with Crippen LogP contribution in [0.15, 0.2) is 77.9 Å². The fraction of sp³-hybridized carbons (Fsp3) is 0.125. The van der Waals surface area contributed by atoms with Crippen molar-refractivity contribution in [3.05, 3.63) is 107 Å². The van der Waals surface area contributed by atoms with Crippen molar-refractivity contribution in [1.82, 2.24) is 5.32 Å². The predicted molar refractivity (Wildman–Crippen MR) is 111 cm³/mol. The zero-order valence-electron chi connectivity index (χ0n) is 16.6. The van der Waals surface area contributed by atoms with Crippen molar-refractivity contribution < 1.29 is 23.4 Å². The van der Waals surface area contributed by atoms with Gasteiger partial charge in [-0.05, 0) is 60.6 Å². The van der Waals surface area contributed by atoms with Gasteiger partial charge >= 0.3 is 0 Å². The number of aryl methyl sites for hydroxylation is 1. The number of halogens is 2. The van der Waals surface area contributed by atoms with Crippen LogP contribution >= 0.6 is 0 Å². The standard InChI is InChI=1S/C24H19F2N3O2/c1-15-2-6-17(7-3-15)22-21(27-23(30)18-8-12-20(26)13-9-18)24(31)28-29(22)14-16-4-10-19(25)11-5-16/h2-14,21-22H,1H3,(H-,27,28,30,31). The van der Waals surface area contributed by atoms with E-state index in [4.69, 9.17) is 0 Å². The van der Waals surface area contributed by atoms with E-state index in [0.29, 0.717) is 5.56 Å². The van der Waals surface area contributed by atoms with Crippen LogP contribution in [-0.4, -0.2) is 28.7 Å². The molecule has 0 saturated carbocycles. The molecule has 0 fully saturated rings. The summed E-state index contributed by atoms with van der Waals surface area (Å²) in [4.78, 5) is 12.7. The number of carbonyl (C=O) groups is 1. The number of nitrogens with one attached hydrogen (secondary N) is 1. The molecule has 3 aromatic rings. The Kier molecular flexibility index (Phi) is 5.58. The van der Waals surface area contributed by atoms with E-state index in [2.05, 4.69) is 10.4 Å². The van der Waals surface area contributed by atoms with E-state index >= 15 is 0 Å². The number of rotatable bonds is 4. The summed E-state index contributed by atoms with van der Waals surface area (Å²) >= 11 is 0. The molecule has 0 aromatic heterocycles. The second kappa shape index (κ2) is 8.47. The van der Waals surface area contributed by atoms with Crippen LogP contribution in [-0.2, 0) is 0 Å². The first-order chi connectivity index (χ1) is 14.9. The molecule has 0 aliphatic carbocycles. The number of hydrazone groups is 1.